The molecule has 27 heavy (non-hydrogen) atoms. The van der Waals surface area contributed by atoms with Gasteiger partial charge < -0.3 is 10.2 Å². The second-order valence-electron chi connectivity index (χ2n) is 6.94. The second-order valence-corrected chi connectivity index (χ2v) is 7.38. The predicted octanol–water partition coefficient (Wildman–Crippen LogP) is 3.36. The summed E-state index contributed by atoms with van der Waals surface area (Å²) in [6.45, 7) is 5.10. The SMILES string of the molecule is CCCC(=O)N[C@H]1CCCN(C(=O)c2cnn(-c3cccc(Cl)c3)c2C)C1. The fourth-order valence-electron chi connectivity index (χ4n) is 3.46. The van der Waals surface area contributed by atoms with Crippen LogP contribution in [0.25, 0.3) is 5.69 Å². The molecule has 1 fully saturated rings. The largest absolute Gasteiger partial charge is 0.352 e. The van der Waals surface area contributed by atoms with Crippen molar-refractivity contribution >= 4 is 23.4 Å². The molecule has 0 bridgehead atoms. The molecule has 1 atom stereocenters. The van der Waals surface area contributed by atoms with Gasteiger partial charge in [-0.15, -0.1) is 0 Å². The van der Waals surface area contributed by atoms with Gasteiger partial charge in [-0.3, -0.25) is 9.59 Å². The first-order chi connectivity index (χ1) is 13.0. The van der Waals surface area contributed by atoms with Crippen molar-refractivity contribution in [3.8, 4) is 5.69 Å². The van der Waals surface area contributed by atoms with Crippen molar-refractivity contribution in [1.82, 2.24) is 20.0 Å². The number of likely N-dealkylation sites (tertiary alicyclic amines) is 1. The van der Waals surface area contributed by atoms with Crippen LogP contribution in [-0.4, -0.2) is 45.6 Å². The summed E-state index contributed by atoms with van der Waals surface area (Å²) in [6.07, 6.45) is 4.74. The van der Waals surface area contributed by atoms with Crippen LogP contribution in [0.3, 0.4) is 0 Å². The molecule has 144 valence electrons. The van der Waals surface area contributed by atoms with E-state index in [0.29, 0.717) is 30.1 Å². The van der Waals surface area contributed by atoms with Crippen LogP contribution in [0.15, 0.2) is 30.5 Å². The van der Waals surface area contributed by atoms with Gasteiger partial charge in [0.25, 0.3) is 5.91 Å². The van der Waals surface area contributed by atoms with Crippen molar-refractivity contribution in [2.45, 2.75) is 45.6 Å². The van der Waals surface area contributed by atoms with Crippen LogP contribution in [-0.2, 0) is 4.79 Å². The van der Waals surface area contributed by atoms with Crippen LogP contribution in [0.2, 0.25) is 5.02 Å². The minimum absolute atomic E-state index is 0.0185. The smallest absolute Gasteiger partial charge is 0.257 e. The van der Waals surface area contributed by atoms with E-state index < -0.39 is 0 Å². The number of carbonyl (C=O) groups is 2. The van der Waals surface area contributed by atoms with E-state index in [4.69, 9.17) is 11.6 Å². The van der Waals surface area contributed by atoms with E-state index >= 15 is 0 Å². The number of nitrogens with zero attached hydrogens (tertiary/aromatic N) is 3. The van der Waals surface area contributed by atoms with E-state index in [1.54, 1.807) is 16.9 Å². The summed E-state index contributed by atoms with van der Waals surface area (Å²) < 4.78 is 1.73. The lowest BCUT2D eigenvalue weighted by molar-refractivity contribution is -0.122. The van der Waals surface area contributed by atoms with Gasteiger partial charge in [0.2, 0.25) is 5.91 Å². The van der Waals surface area contributed by atoms with E-state index in [1.165, 1.54) is 0 Å². The van der Waals surface area contributed by atoms with Gasteiger partial charge in [0.1, 0.15) is 0 Å². The Morgan fingerprint density at radius 3 is 2.93 bits per heavy atom. The molecule has 1 N–H and O–H groups in total. The van der Waals surface area contributed by atoms with Crippen molar-refractivity contribution in [3.63, 3.8) is 0 Å². The molecule has 1 aromatic carbocycles. The second kappa shape index (κ2) is 8.57. The number of hydrogen-bond donors (Lipinski definition) is 1. The van der Waals surface area contributed by atoms with Crippen LogP contribution in [0.5, 0.6) is 0 Å². The van der Waals surface area contributed by atoms with Gasteiger partial charge in [-0.05, 0) is 44.4 Å². The fourth-order valence-corrected chi connectivity index (χ4v) is 3.65. The lowest BCUT2D eigenvalue weighted by Crippen LogP contribution is -2.49. The van der Waals surface area contributed by atoms with E-state index in [0.717, 1.165) is 30.6 Å². The maximum atomic E-state index is 13.0. The van der Waals surface area contributed by atoms with E-state index in [9.17, 15) is 9.59 Å². The Morgan fingerprint density at radius 1 is 1.37 bits per heavy atom. The molecular formula is C20H25ClN4O2. The number of rotatable bonds is 5. The third kappa shape index (κ3) is 4.50. The monoisotopic (exact) mass is 388 g/mol. The van der Waals surface area contributed by atoms with E-state index in [2.05, 4.69) is 10.4 Å². The molecule has 0 saturated carbocycles. The predicted molar refractivity (Wildman–Crippen MR) is 105 cm³/mol. The molecule has 2 amide bonds. The number of hydrogen-bond acceptors (Lipinski definition) is 3. The highest BCUT2D eigenvalue weighted by Gasteiger charge is 2.27. The minimum atomic E-state index is -0.0461. The first-order valence-corrected chi connectivity index (χ1v) is 9.76. The number of amides is 2. The van der Waals surface area contributed by atoms with Crippen LogP contribution in [0.1, 0.15) is 48.7 Å². The van der Waals surface area contributed by atoms with Crippen molar-refractivity contribution in [2.75, 3.05) is 13.1 Å². The Labute approximate surface area is 164 Å². The Kier molecular flexibility index (Phi) is 6.16. The Hall–Kier alpha value is -2.34. The molecule has 6 nitrogen and oxygen atoms in total. The maximum Gasteiger partial charge on any atom is 0.257 e. The maximum absolute atomic E-state index is 13.0. The van der Waals surface area contributed by atoms with Gasteiger partial charge >= 0.3 is 0 Å². The quantitative estimate of drug-likeness (QED) is 0.854. The summed E-state index contributed by atoms with van der Waals surface area (Å²) in [5, 5.41) is 8.04. The third-order valence-corrected chi connectivity index (χ3v) is 5.08. The first kappa shape index (κ1) is 19.4. The molecule has 7 heteroatoms. The number of halogens is 1. The number of nitrogens with one attached hydrogen (secondary N) is 1. The lowest BCUT2D eigenvalue weighted by atomic mass is 10.0. The topological polar surface area (TPSA) is 67.2 Å². The molecule has 2 heterocycles. The number of benzene rings is 1. The van der Waals surface area contributed by atoms with Gasteiger partial charge in [-0.1, -0.05) is 24.6 Å². The molecule has 0 unspecified atom stereocenters. The van der Waals surface area contributed by atoms with Gasteiger partial charge in [-0.25, -0.2) is 4.68 Å². The molecule has 1 aromatic heterocycles. The Morgan fingerprint density at radius 2 is 2.19 bits per heavy atom. The standard InChI is InChI=1S/C20H25ClN4O2/c1-3-6-19(26)23-16-8-5-10-24(13-16)20(27)18-12-22-25(14(18)2)17-9-4-7-15(21)11-17/h4,7,9,11-12,16H,3,5-6,8,10,13H2,1-2H3,(H,23,26)/t16-/m0/s1. The van der Waals surface area contributed by atoms with Gasteiger partial charge in [0.05, 0.1) is 23.1 Å². The molecule has 1 aliphatic heterocycles. The van der Waals surface area contributed by atoms with Crippen LogP contribution >= 0.6 is 11.6 Å². The minimum Gasteiger partial charge on any atom is -0.352 e. The number of aromatic nitrogens is 2. The van der Waals surface area contributed by atoms with E-state index in [1.807, 2.05) is 36.9 Å². The summed E-state index contributed by atoms with van der Waals surface area (Å²) in [6, 6.07) is 7.40. The van der Waals surface area contributed by atoms with Crippen molar-refractivity contribution in [3.05, 3.63) is 46.7 Å². The molecule has 1 aliphatic rings. The summed E-state index contributed by atoms with van der Waals surface area (Å²) in [5.74, 6) is 0.0111. The van der Waals surface area contributed by atoms with Crippen molar-refractivity contribution in [1.29, 1.82) is 0 Å². The first-order valence-electron chi connectivity index (χ1n) is 9.38. The average molecular weight is 389 g/mol. The summed E-state index contributed by atoms with van der Waals surface area (Å²) in [7, 11) is 0. The van der Waals surface area contributed by atoms with E-state index in [-0.39, 0.29) is 17.9 Å². The van der Waals surface area contributed by atoms with Gasteiger partial charge in [-0.2, -0.15) is 5.10 Å². The number of carbonyl (C=O) groups excluding carboxylic acids is 2. The summed E-state index contributed by atoms with van der Waals surface area (Å²) >= 11 is 6.07. The zero-order valence-corrected chi connectivity index (χ0v) is 16.5. The molecule has 1 saturated heterocycles. The third-order valence-electron chi connectivity index (χ3n) is 4.84. The van der Waals surface area contributed by atoms with Crippen LogP contribution < -0.4 is 5.32 Å². The molecule has 3 rings (SSSR count). The summed E-state index contributed by atoms with van der Waals surface area (Å²) in [5.41, 5.74) is 2.18. The number of piperidine rings is 1. The van der Waals surface area contributed by atoms with Gasteiger partial charge in [0.15, 0.2) is 0 Å². The van der Waals surface area contributed by atoms with Gasteiger partial charge in [0, 0.05) is 30.6 Å². The Bertz CT molecular complexity index is 833. The van der Waals surface area contributed by atoms with Crippen LogP contribution in [0.4, 0.5) is 0 Å². The summed E-state index contributed by atoms with van der Waals surface area (Å²) in [4.78, 5) is 26.7. The molecule has 0 aliphatic carbocycles. The highest BCUT2D eigenvalue weighted by Crippen LogP contribution is 2.20. The molecule has 2 aromatic rings. The fraction of sp³-hybridized carbons (Fsp3) is 0.450. The molecular weight excluding hydrogens is 364 g/mol. The van der Waals surface area contributed by atoms with Crippen molar-refractivity contribution < 1.29 is 9.59 Å². The highest BCUT2D eigenvalue weighted by molar-refractivity contribution is 6.30. The Balaban J connectivity index is 1.73. The van der Waals surface area contributed by atoms with Crippen LogP contribution in [0, 0.1) is 6.92 Å². The zero-order chi connectivity index (χ0) is 19.4. The highest BCUT2D eigenvalue weighted by atomic mass is 35.5. The molecule has 0 spiro atoms. The molecule has 0 radical (unpaired) electrons. The normalized spacial score (nSPS) is 17.0. The lowest BCUT2D eigenvalue weighted by Gasteiger charge is -2.33. The van der Waals surface area contributed by atoms with Crippen molar-refractivity contribution in [2.24, 2.45) is 0 Å². The zero-order valence-electron chi connectivity index (χ0n) is 15.7. The average Bonchev–Trinajstić information content (AvgIpc) is 3.03.